The van der Waals surface area contributed by atoms with Crippen molar-refractivity contribution >= 4 is 45.1 Å². The molecular weight excluding hydrogens is 516 g/mol. The summed E-state index contributed by atoms with van der Waals surface area (Å²) < 4.78 is 0. The second kappa shape index (κ2) is 17.1. The molecule has 0 aliphatic rings. The summed E-state index contributed by atoms with van der Waals surface area (Å²) in [7, 11) is 1.85. The summed E-state index contributed by atoms with van der Waals surface area (Å²) in [6.45, 7) is 0. The van der Waals surface area contributed by atoms with Gasteiger partial charge in [-0.15, -0.1) is 20.4 Å². The predicted octanol–water partition coefficient (Wildman–Crippen LogP) is 5.78. The fourth-order valence-electron chi connectivity index (χ4n) is 3.54. The van der Waals surface area contributed by atoms with Crippen molar-refractivity contribution in [2.24, 2.45) is 0 Å². The van der Waals surface area contributed by atoms with Crippen molar-refractivity contribution < 1.29 is 9.59 Å². The minimum atomic E-state index is -0.0236. The molecule has 0 unspecified atom stereocenters. The van der Waals surface area contributed by atoms with Crippen LogP contribution in [0.15, 0.2) is 60.7 Å². The first kappa shape index (κ1) is 29.1. The number of hydrogen-bond acceptors (Lipinski definition) is 9. The summed E-state index contributed by atoms with van der Waals surface area (Å²) >= 11 is 3.07. The van der Waals surface area contributed by atoms with Crippen molar-refractivity contribution in [3.05, 3.63) is 81.8 Å². The van der Waals surface area contributed by atoms with Gasteiger partial charge in [-0.2, -0.15) is 0 Å². The summed E-state index contributed by atoms with van der Waals surface area (Å²) in [6, 6.07) is 20.0. The summed E-state index contributed by atoms with van der Waals surface area (Å²) in [5, 5.41) is 25.8. The summed E-state index contributed by atoms with van der Waals surface area (Å²) in [6.07, 6.45) is 8.69. The first-order valence-electron chi connectivity index (χ1n) is 12.8. The molecule has 2 aromatic carbocycles. The summed E-state index contributed by atoms with van der Waals surface area (Å²) in [5.41, 5.74) is 2.39. The minimum absolute atomic E-state index is 0.0236. The Kier molecular flexibility index (Phi) is 13.1. The van der Waals surface area contributed by atoms with E-state index in [-0.39, 0.29) is 5.91 Å². The number of aromatic nitrogens is 4. The fraction of sp³-hybridized carbons (Fsp3) is 0.357. The van der Waals surface area contributed by atoms with Gasteiger partial charge in [0.05, 0.1) is 0 Å². The number of nitrogens with zero attached hydrogens (tertiary/aromatic N) is 4. The fourth-order valence-corrected chi connectivity index (χ4v) is 5.08. The Bertz CT molecular complexity index is 1210. The lowest BCUT2D eigenvalue weighted by molar-refractivity contribution is -0.116. The van der Waals surface area contributed by atoms with E-state index in [9.17, 15) is 9.59 Å². The van der Waals surface area contributed by atoms with Gasteiger partial charge in [-0.05, 0) is 36.8 Å². The van der Waals surface area contributed by atoms with Crippen molar-refractivity contribution in [1.29, 1.82) is 0 Å². The molecule has 0 aliphatic carbocycles. The predicted molar refractivity (Wildman–Crippen MR) is 155 cm³/mol. The summed E-state index contributed by atoms with van der Waals surface area (Å²) in [5.74, 6) is -0.0236. The average molecular weight is 551 g/mol. The van der Waals surface area contributed by atoms with Crippen LogP contribution in [0.2, 0.25) is 0 Å². The largest absolute Gasteiger partial charge is 0.363 e. The molecule has 0 bridgehead atoms. The van der Waals surface area contributed by atoms with E-state index in [1.165, 1.54) is 16.9 Å². The number of anilines is 2. The third-order valence-electron chi connectivity index (χ3n) is 5.55. The SMILES string of the molecule is CNc1nnc(CCCCCc2nnc(NC(=O)CCc3ccccc3)s2)s1.O=CCCc1ccccc1. The molecule has 0 fully saturated rings. The highest BCUT2D eigenvalue weighted by molar-refractivity contribution is 7.15. The second-order valence-corrected chi connectivity index (χ2v) is 10.7. The number of benzene rings is 2. The number of carbonyl (C=O) groups is 2. The van der Waals surface area contributed by atoms with Gasteiger partial charge in [0.25, 0.3) is 0 Å². The Balaban J connectivity index is 0.000000336. The molecule has 0 radical (unpaired) electrons. The molecule has 0 aliphatic heterocycles. The molecule has 200 valence electrons. The van der Waals surface area contributed by atoms with E-state index >= 15 is 0 Å². The number of amides is 1. The van der Waals surface area contributed by atoms with Gasteiger partial charge in [0.15, 0.2) is 0 Å². The number of unbranched alkanes of at least 4 members (excludes halogenated alkanes) is 2. The van der Waals surface area contributed by atoms with Crippen molar-refractivity contribution in [2.75, 3.05) is 17.7 Å². The van der Waals surface area contributed by atoms with E-state index in [4.69, 9.17) is 0 Å². The van der Waals surface area contributed by atoms with Crippen LogP contribution in [0.4, 0.5) is 10.3 Å². The maximum absolute atomic E-state index is 12.1. The number of rotatable bonds is 14. The molecular formula is C28H34N6O2S2. The van der Waals surface area contributed by atoms with Gasteiger partial charge in [0.1, 0.15) is 16.3 Å². The minimum Gasteiger partial charge on any atom is -0.363 e. The Hall–Kier alpha value is -3.50. The van der Waals surface area contributed by atoms with E-state index < -0.39 is 0 Å². The van der Waals surface area contributed by atoms with E-state index in [1.807, 2.05) is 67.7 Å². The van der Waals surface area contributed by atoms with Crippen LogP contribution >= 0.6 is 22.7 Å². The molecule has 10 heteroatoms. The molecule has 2 aromatic heterocycles. The Morgan fingerprint density at radius 3 is 1.84 bits per heavy atom. The van der Waals surface area contributed by atoms with Crippen molar-refractivity contribution in [1.82, 2.24) is 20.4 Å². The first-order chi connectivity index (χ1) is 18.7. The molecule has 38 heavy (non-hydrogen) atoms. The smallest absolute Gasteiger partial charge is 0.226 e. The van der Waals surface area contributed by atoms with Crippen molar-refractivity contribution in [3.8, 4) is 0 Å². The van der Waals surface area contributed by atoms with Crippen molar-refractivity contribution in [3.63, 3.8) is 0 Å². The lowest BCUT2D eigenvalue weighted by Crippen LogP contribution is -2.12. The monoisotopic (exact) mass is 550 g/mol. The highest BCUT2D eigenvalue weighted by Gasteiger charge is 2.09. The molecule has 0 saturated heterocycles. The van der Waals surface area contributed by atoms with Crippen LogP contribution in [0.1, 0.15) is 53.2 Å². The molecule has 8 nitrogen and oxygen atoms in total. The standard InChI is InChI=1S/C19H24N6OS2.C9H10O/c1-20-18-24-22-16(27-18)10-6-3-7-11-17-23-25-19(28-17)21-15(26)13-12-14-8-4-2-5-9-14;10-8-4-7-9-5-2-1-3-6-9/h2,4-5,8-9H,3,6-7,10-13H2,1H3,(H,20,24)(H,21,25,26);1-3,5-6,8H,4,7H2. The number of aryl methyl sites for hydroxylation is 4. The van der Waals surface area contributed by atoms with Gasteiger partial charge in [0.2, 0.25) is 16.2 Å². The van der Waals surface area contributed by atoms with Crippen LogP contribution in [0.3, 0.4) is 0 Å². The molecule has 4 rings (SSSR count). The molecule has 2 heterocycles. The Labute approximate surface area is 232 Å². The van der Waals surface area contributed by atoms with Crippen LogP contribution in [-0.4, -0.2) is 39.6 Å². The van der Waals surface area contributed by atoms with Gasteiger partial charge in [-0.1, -0.05) is 89.8 Å². The topological polar surface area (TPSA) is 110 Å². The zero-order chi connectivity index (χ0) is 26.8. The average Bonchev–Trinajstić information content (AvgIpc) is 3.61. The highest BCUT2D eigenvalue weighted by Crippen LogP contribution is 2.20. The van der Waals surface area contributed by atoms with Crippen molar-refractivity contribution in [2.45, 2.75) is 57.8 Å². The van der Waals surface area contributed by atoms with Crippen LogP contribution in [0.25, 0.3) is 0 Å². The number of hydrogen-bond donors (Lipinski definition) is 2. The van der Waals surface area contributed by atoms with Crippen LogP contribution < -0.4 is 10.6 Å². The maximum atomic E-state index is 12.1. The molecule has 4 aromatic rings. The molecule has 2 N–H and O–H groups in total. The lowest BCUT2D eigenvalue weighted by atomic mass is 10.1. The summed E-state index contributed by atoms with van der Waals surface area (Å²) in [4.78, 5) is 22.0. The van der Waals surface area contributed by atoms with Gasteiger partial charge in [-0.3, -0.25) is 4.79 Å². The zero-order valence-corrected chi connectivity index (χ0v) is 23.3. The van der Waals surface area contributed by atoms with Crippen LogP contribution in [-0.2, 0) is 35.3 Å². The molecule has 0 atom stereocenters. The number of carbonyl (C=O) groups excluding carboxylic acids is 2. The third kappa shape index (κ3) is 11.3. The van der Waals surface area contributed by atoms with E-state index in [0.29, 0.717) is 18.0 Å². The number of aldehydes is 1. The van der Waals surface area contributed by atoms with E-state index in [0.717, 1.165) is 71.9 Å². The van der Waals surface area contributed by atoms with Gasteiger partial charge in [0, 0.05) is 32.7 Å². The van der Waals surface area contributed by atoms with E-state index in [1.54, 1.807) is 11.3 Å². The van der Waals surface area contributed by atoms with Crippen LogP contribution in [0.5, 0.6) is 0 Å². The lowest BCUT2D eigenvalue weighted by Gasteiger charge is -2.01. The molecule has 1 amide bonds. The van der Waals surface area contributed by atoms with Gasteiger partial charge >= 0.3 is 0 Å². The normalized spacial score (nSPS) is 10.3. The van der Waals surface area contributed by atoms with E-state index in [2.05, 4.69) is 31.0 Å². The second-order valence-electron chi connectivity index (χ2n) is 8.54. The molecule has 0 spiro atoms. The highest BCUT2D eigenvalue weighted by atomic mass is 32.1. The van der Waals surface area contributed by atoms with Crippen LogP contribution in [0, 0.1) is 0 Å². The van der Waals surface area contributed by atoms with Gasteiger partial charge < -0.3 is 15.4 Å². The molecule has 0 saturated carbocycles. The quantitative estimate of drug-likeness (QED) is 0.151. The number of nitrogens with one attached hydrogen (secondary N) is 2. The zero-order valence-electron chi connectivity index (χ0n) is 21.6. The third-order valence-corrected chi connectivity index (χ3v) is 7.45. The Morgan fingerprint density at radius 2 is 1.29 bits per heavy atom. The Morgan fingerprint density at radius 1 is 0.737 bits per heavy atom. The van der Waals surface area contributed by atoms with Gasteiger partial charge in [-0.25, -0.2) is 0 Å². The first-order valence-corrected chi connectivity index (χ1v) is 14.4. The maximum Gasteiger partial charge on any atom is 0.226 e.